The molecular formula is C9H17N. The Morgan fingerprint density at radius 3 is 2.60 bits per heavy atom. The normalized spacial score (nSPS) is 36.3. The summed E-state index contributed by atoms with van der Waals surface area (Å²) in [5.41, 5.74) is 0. The highest BCUT2D eigenvalue weighted by molar-refractivity contribution is 4.86. The third-order valence-corrected chi connectivity index (χ3v) is 2.75. The van der Waals surface area contributed by atoms with E-state index in [1.807, 2.05) is 0 Å². The van der Waals surface area contributed by atoms with E-state index in [0.717, 1.165) is 12.0 Å². The maximum atomic E-state index is 2.69. The van der Waals surface area contributed by atoms with Gasteiger partial charge in [-0.1, -0.05) is 6.92 Å². The Balaban J connectivity index is 1.84. The Morgan fingerprint density at radius 2 is 2.00 bits per heavy atom. The van der Waals surface area contributed by atoms with Gasteiger partial charge in [0.2, 0.25) is 0 Å². The smallest absolute Gasteiger partial charge is 0.00965 e. The fourth-order valence-electron chi connectivity index (χ4n) is 2.00. The predicted molar refractivity (Wildman–Crippen MR) is 43.0 cm³/mol. The molecule has 0 spiro atoms. The van der Waals surface area contributed by atoms with Crippen LogP contribution >= 0.6 is 0 Å². The van der Waals surface area contributed by atoms with Crippen LogP contribution in [0.1, 0.15) is 32.6 Å². The molecular weight excluding hydrogens is 122 g/mol. The van der Waals surface area contributed by atoms with Gasteiger partial charge in [-0.3, -0.25) is 0 Å². The van der Waals surface area contributed by atoms with Crippen LogP contribution in [0.3, 0.4) is 0 Å². The van der Waals surface area contributed by atoms with Gasteiger partial charge in [-0.25, -0.2) is 0 Å². The van der Waals surface area contributed by atoms with E-state index in [1.165, 1.54) is 38.8 Å². The SMILES string of the molecule is C[C@@H]1CCCN(C2CC2)C1. The first-order valence-corrected chi connectivity index (χ1v) is 4.60. The highest BCUT2D eigenvalue weighted by atomic mass is 15.2. The van der Waals surface area contributed by atoms with Crippen LogP contribution in [0.4, 0.5) is 0 Å². The zero-order valence-corrected chi connectivity index (χ0v) is 6.84. The molecule has 2 fully saturated rings. The molecule has 58 valence electrons. The van der Waals surface area contributed by atoms with Gasteiger partial charge in [0.25, 0.3) is 0 Å². The Hall–Kier alpha value is -0.0400. The number of rotatable bonds is 1. The first-order chi connectivity index (χ1) is 4.86. The summed E-state index contributed by atoms with van der Waals surface area (Å²) in [5.74, 6) is 0.967. The molecule has 1 heterocycles. The zero-order chi connectivity index (χ0) is 6.97. The van der Waals surface area contributed by atoms with E-state index in [9.17, 15) is 0 Å². The largest absolute Gasteiger partial charge is 0.300 e. The molecule has 1 heteroatoms. The van der Waals surface area contributed by atoms with Crippen molar-refractivity contribution >= 4 is 0 Å². The van der Waals surface area contributed by atoms with Gasteiger partial charge >= 0.3 is 0 Å². The number of piperidine rings is 1. The second-order valence-corrected chi connectivity index (χ2v) is 3.97. The summed E-state index contributed by atoms with van der Waals surface area (Å²) in [5, 5.41) is 0. The second kappa shape index (κ2) is 2.54. The average molecular weight is 139 g/mol. The lowest BCUT2D eigenvalue weighted by atomic mass is 10.0. The van der Waals surface area contributed by atoms with Crippen LogP contribution in [0.25, 0.3) is 0 Å². The molecule has 0 radical (unpaired) electrons. The van der Waals surface area contributed by atoms with Gasteiger partial charge in [0.1, 0.15) is 0 Å². The summed E-state index contributed by atoms with van der Waals surface area (Å²) < 4.78 is 0. The van der Waals surface area contributed by atoms with Gasteiger partial charge < -0.3 is 4.90 Å². The van der Waals surface area contributed by atoms with E-state index in [-0.39, 0.29) is 0 Å². The van der Waals surface area contributed by atoms with Gasteiger partial charge in [-0.2, -0.15) is 0 Å². The predicted octanol–water partition coefficient (Wildman–Crippen LogP) is 1.88. The summed E-state index contributed by atoms with van der Waals surface area (Å²) in [6.07, 6.45) is 5.86. The Labute approximate surface area is 63.4 Å². The van der Waals surface area contributed by atoms with Crippen molar-refractivity contribution in [2.45, 2.75) is 38.6 Å². The molecule has 0 aromatic carbocycles. The lowest BCUT2D eigenvalue weighted by Gasteiger charge is -2.30. The minimum atomic E-state index is 0.967. The summed E-state index contributed by atoms with van der Waals surface area (Å²) in [6.45, 7) is 5.15. The van der Waals surface area contributed by atoms with Gasteiger partial charge in [0.15, 0.2) is 0 Å². The third-order valence-electron chi connectivity index (χ3n) is 2.75. The molecule has 0 unspecified atom stereocenters. The third kappa shape index (κ3) is 1.34. The van der Waals surface area contributed by atoms with Crippen molar-refractivity contribution in [3.63, 3.8) is 0 Å². The van der Waals surface area contributed by atoms with Gasteiger partial charge in [0, 0.05) is 12.6 Å². The van der Waals surface area contributed by atoms with Gasteiger partial charge in [-0.15, -0.1) is 0 Å². The van der Waals surface area contributed by atoms with Gasteiger partial charge in [0.05, 0.1) is 0 Å². The highest BCUT2D eigenvalue weighted by Crippen LogP contribution is 2.30. The van der Waals surface area contributed by atoms with Gasteiger partial charge in [-0.05, 0) is 38.1 Å². The van der Waals surface area contributed by atoms with Crippen molar-refractivity contribution in [2.24, 2.45) is 5.92 Å². The van der Waals surface area contributed by atoms with Crippen LogP contribution in [0.2, 0.25) is 0 Å². The van der Waals surface area contributed by atoms with Crippen LogP contribution < -0.4 is 0 Å². The van der Waals surface area contributed by atoms with Crippen molar-refractivity contribution in [1.82, 2.24) is 4.90 Å². The molecule has 1 saturated heterocycles. The fraction of sp³-hybridized carbons (Fsp3) is 1.00. The van der Waals surface area contributed by atoms with Crippen LogP contribution in [-0.2, 0) is 0 Å². The molecule has 2 aliphatic rings. The summed E-state index contributed by atoms with van der Waals surface area (Å²) in [4.78, 5) is 2.69. The maximum absolute atomic E-state index is 2.69. The minimum absolute atomic E-state index is 0.967. The number of hydrogen-bond acceptors (Lipinski definition) is 1. The lowest BCUT2D eigenvalue weighted by molar-refractivity contribution is 0.175. The standard InChI is InChI=1S/C9H17N/c1-8-3-2-6-10(7-8)9-4-5-9/h8-9H,2-7H2,1H3/t8-/m1/s1. The van der Waals surface area contributed by atoms with E-state index in [2.05, 4.69) is 11.8 Å². The molecule has 0 amide bonds. The molecule has 0 aromatic rings. The first-order valence-electron chi connectivity index (χ1n) is 4.60. The summed E-state index contributed by atoms with van der Waals surface area (Å²) >= 11 is 0. The molecule has 1 nitrogen and oxygen atoms in total. The molecule has 1 atom stereocenters. The molecule has 2 rings (SSSR count). The van der Waals surface area contributed by atoms with E-state index >= 15 is 0 Å². The molecule has 1 aliphatic carbocycles. The monoisotopic (exact) mass is 139 g/mol. The Bertz CT molecular complexity index is 118. The van der Waals surface area contributed by atoms with Crippen LogP contribution in [0.5, 0.6) is 0 Å². The van der Waals surface area contributed by atoms with E-state index in [4.69, 9.17) is 0 Å². The van der Waals surface area contributed by atoms with Crippen molar-refractivity contribution in [2.75, 3.05) is 13.1 Å². The van der Waals surface area contributed by atoms with Crippen molar-refractivity contribution < 1.29 is 0 Å². The maximum Gasteiger partial charge on any atom is 0.00965 e. The van der Waals surface area contributed by atoms with E-state index < -0.39 is 0 Å². The van der Waals surface area contributed by atoms with Crippen LogP contribution in [0.15, 0.2) is 0 Å². The molecule has 0 N–H and O–H groups in total. The fourth-order valence-corrected chi connectivity index (χ4v) is 2.00. The number of nitrogens with zero attached hydrogens (tertiary/aromatic N) is 1. The number of likely N-dealkylation sites (tertiary alicyclic amines) is 1. The average Bonchev–Trinajstić information content (AvgIpc) is 2.68. The van der Waals surface area contributed by atoms with E-state index in [0.29, 0.717) is 0 Å². The molecule has 10 heavy (non-hydrogen) atoms. The lowest BCUT2D eigenvalue weighted by Crippen LogP contribution is -2.35. The summed E-state index contributed by atoms with van der Waals surface area (Å²) in [6, 6.07) is 1.00. The topological polar surface area (TPSA) is 3.24 Å². The van der Waals surface area contributed by atoms with E-state index in [1.54, 1.807) is 0 Å². The van der Waals surface area contributed by atoms with Crippen LogP contribution in [0, 0.1) is 5.92 Å². The molecule has 1 saturated carbocycles. The van der Waals surface area contributed by atoms with Crippen molar-refractivity contribution in [3.8, 4) is 0 Å². The van der Waals surface area contributed by atoms with Crippen molar-refractivity contribution in [1.29, 1.82) is 0 Å². The second-order valence-electron chi connectivity index (χ2n) is 3.97. The first kappa shape index (κ1) is 6.66. The zero-order valence-electron chi connectivity index (χ0n) is 6.84. The minimum Gasteiger partial charge on any atom is -0.300 e. The molecule has 1 aliphatic heterocycles. The quantitative estimate of drug-likeness (QED) is 0.536. The highest BCUT2D eigenvalue weighted by Gasteiger charge is 2.30. The Morgan fingerprint density at radius 1 is 1.20 bits per heavy atom. The molecule has 0 aromatic heterocycles. The Kier molecular flexibility index (Phi) is 1.69. The van der Waals surface area contributed by atoms with Crippen LogP contribution in [-0.4, -0.2) is 24.0 Å². The van der Waals surface area contributed by atoms with Crippen molar-refractivity contribution in [3.05, 3.63) is 0 Å². The summed E-state index contributed by atoms with van der Waals surface area (Å²) in [7, 11) is 0. The molecule has 0 bridgehead atoms. The number of hydrogen-bond donors (Lipinski definition) is 0.